The molecule has 0 saturated heterocycles. The molecule has 23 heavy (non-hydrogen) atoms. The number of hydrogen-bond acceptors (Lipinski definition) is 4. The third-order valence-electron chi connectivity index (χ3n) is 2.83. The van der Waals surface area contributed by atoms with Gasteiger partial charge >= 0.3 is 0 Å². The number of carbonyl (C=O) groups excluding carboxylic acids is 2. The second-order valence-corrected chi connectivity index (χ2v) is 4.58. The van der Waals surface area contributed by atoms with Gasteiger partial charge in [0.2, 0.25) is 5.91 Å². The molecule has 0 fully saturated rings. The molecule has 0 aliphatic carbocycles. The Morgan fingerprint density at radius 2 is 1.48 bits per heavy atom. The third kappa shape index (κ3) is 5.17. The summed E-state index contributed by atoms with van der Waals surface area (Å²) >= 11 is 0. The van der Waals surface area contributed by atoms with Gasteiger partial charge in [0.25, 0.3) is 5.91 Å². The molecule has 2 aromatic carbocycles. The van der Waals surface area contributed by atoms with Crippen molar-refractivity contribution in [1.29, 1.82) is 5.26 Å². The summed E-state index contributed by atoms with van der Waals surface area (Å²) in [6.45, 7) is -0.148. The van der Waals surface area contributed by atoms with E-state index < -0.39 is 5.91 Å². The zero-order chi connectivity index (χ0) is 16.5. The fourth-order valence-electron chi connectivity index (χ4n) is 1.82. The van der Waals surface area contributed by atoms with Crippen LogP contribution in [0.15, 0.2) is 54.6 Å². The quantitative estimate of drug-likeness (QED) is 0.858. The summed E-state index contributed by atoms with van der Waals surface area (Å²) in [7, 11) is 0. The number of carbonyl (C=O) groups is 2. The van der Waals surface area contributed by atoms with Crippen molar-refractivity contribution in [3.63, 3.8) is 0 Å². The molecule has 0 bridgehead atoms. The number of ether oxygens (including phenoxy) is 1. The van der Waals surface area contributed by atoms with Gasteiger partial charge in [0.1, 0.15) is 12.2 Å². The van der Waals surface area contributed by atoms with Crippen LogP contribution in [0.5, 0.6) is 5.75 Å². The van der Waals surface area contributed by atoms with Crippen LogP contribution in [0.3, 0.4) is 0 Å². The van der Waals surface area contributed by atoms with Crippen LogP contribution in [-0.2, 0) is 9.59 Å². The summed E-state index contributed by atoms with van der Waals surface area (Å²) < 4.78 is 5.36. The van der Waals surface area contributed by atoms with Crippen LogP contribution in [0.1, 0.15) is 6.42 Å². The van der Waals surface area contributed by atoms with Crippen LogP contribution in [-0.4, -0.2) is 18.4 Å². The number of para-hydroxylation sites is 3. The lowest BCUT2D eigenvalue weighted by Gasteiger charge is -2.12. The van der Waals surface area contributed by atoms with E-state index in [-0.39, 0.29) is 18.9 Å². The summed E-state index contributed by atoms with van der Waals surface area (Å²) in [4.78, 5) is 23.4. The second-order valence-electron chi connectivity index (χ2n) is 4.58. The zero-order valence-corrected chi connectivity index (χ0v) is 12.3. The molecular weight excluding hydrogens is 294 g/mol. The number of anilines is 2. The van der Waals surface area contributed by atoms with Crippen LogP contribution >= 0.6 is 0 Å². The summed E-state index contributed by atoms with van der Waals surface area (Å²) in [5.41, 5.74) is 0.876. The Balaban J connectivity index is 1.95. The van der Waals surface area contributed by atoms with Crippen LogP contribution in [0.25, 0.3) is 0 Å². The number of nitrogens with zero attached hydrogens (tertiary/aromatic N) is 1. The van der Waals surface area contributed by atoms with Gasteiger partial charge in [-0.1, -0.05) is 30.3 Å². The van der Waals surface area contributed by atoms with Gasteiger partial charge in [-0.25, -0.2) is 0 Å². The van der Waals surface area contributed by atoms with E-state index in [2.05, 4.69) is 10.6 Å². The van der Waals surface area contributed by atoms with E-state index in [0.29, 0.717) is 17.1 Å². The highest BCUT2D eigenvalue weighted by molar-refractivity contribution is 6.00. The molecule has 116 valence electrons. The summed E-state index contributed by atoms with van der Waals surface area (Å²) in [6, 6.07) is 17.5. The SMILES string of the molecule is N#CCC(=O)Nc1ccccc1NC(=O)COc1ccccc1. The minimum absolute atomic E-state index is 0.148. The standard InChI is InChI=1S/C17H15N3O3/c18-11-10-16(21)19-14-8-4-5-9-15(14)20-17(22)12-23-13-6-2-1-3-7-13/h1-9H,10,12H2,(H,19,21)(H,20,22). The number of amides is 2. The highest BCUT2D eigenvalue weighted by atomic mass is 16.5. The number of hydrogen-bond donors (Lipinski definition) is 2. The van der Waals surface area contributed by atoms with Crippen LogP contribution in [0.4, 0.5) is 11.4 Å². The predicted octanol–water partition coefficient (Wildman–Crippen LogP) is 2.56. The minimum Gasteiger partial charge on any atom is -0.484 e. The van der Waals surface area contributed by atoms with E-state index in [0.717, 1.165) is 0 Å². The van der Waals surface area contributed by atoms with Crippen LogP contribution in [0, 0.1) is 11.3 Å². The van der Waals surface area contributed by atoms with Crippen LogP contribution in [0.2, 0.25) is 0 Å². The van der Waals surface area contributed by atoms with Gasteiger partial charge in [-0.2, -0.15) is 5.26 Å². The Hall–Kier alpha value is -3.33. The number of nitriles is 1. The number of benzene rings is 2. The molecule has 0 saturated carbocycles. The van der Waals surface area contributed by atoms with Crippen molar-refractivity contribution in [3.8, 4) is 11.8 Å². The molecule has 0 spiro atoms. The zero-order valence-electron chi connectivity index (χ0n) is 12.3. The molecule has 0 atom stereocenters. The molecular formula is C17H15N3O3. The molecule has 0 aliphatic heterocycles. The van der Waals surface area contributed by atoms with Crippen molar-refractivity contribution < 1.29 is 14.3 Å². The van der Waals surface area contributed by atoms with Gasteiger partial charge in [0.05, 0.1) is 17.4 Å². The molecule has 2 N–H and O–H groups in total. The van der Waals surface area contributed by atoms with E-state index in [1.807, 2.05) is 18.2 Å². The Morgan fingerprint density at radius 3 is 2.09 bits per heavy atom. The second kappa shape index (κ2) is 8.20. The van der Waals surface area contributed by atoms with E-state index in [1.54, 1.807) is 42.5 Å². The topological polar surface area (TPSA) is 91.2 Å². The first kappa shape index (κ1) is 16.0. The molecule has 2 aromatic rings. The maximum Gasteiger partial charge on any atom is 0.262 e. The lowest BCUT2D eigenvalue weighted by Crippen LogP contribution is -2.21. The first-order chi connectivity index (χ1) is 11.2. The van der Waals surface area contributed by atoms with E-state index in [1.165, 1.54) is 0 Å². The predicted molar refractivity (Wildman–Crippen MR) is 85.9 cm³/mol. The maximum atomic E-state index is 11.9. The van der Waals surface area contributed by atoms with Gasteiger partial charge in [-0.3, -0.25) is 9.59 Å². The van der Waals surface area contributed by atoms with Gasteiger partial charge in [0.15, 0.2) is 6.61 Å². The van der Waals surface area contributed by atoms with E-state index >= 15 is 0 Å². The molecule has 0 aliphatic rings. The molecule has 6 nitrogen and oxygen atoms in total. The Bertz CT molecular complexity index is 723. The molecule has 0 unspecified atom stereocenters. The normalized spacial score (nSPS) is 9.52. The maximum absolute atomic E-state index is 11.9. The third-order valence-corrected chi connectivity index (χ3v) is 2.83. The molecule has 2 amide bonds. The van der Waals surface area contributed by atoms with Crippen molar-refractivity contribution >= 4 is 23.2 Å². The highest BCUT2D eigenvalue weighted by Crippen LogP contribution is 2.21. The summed E-state index contributed by atoms with van der Waals surface area (Å²) in [6.07, 6.45) is -0.251. The van der Waals surface area contributed by atoms with Gasteiger partial charge < -0.3 is 15.4 Å². The Morgan fingerprint density at radius 1 is 0.913 bits per heavy atom. The molecule has 0 heterocycles. The number of nitrogens with one attached hydrogen (secondary N) is 2. The number of rotatable bonds is 6. The van der Waals surface area contributed by atoms with Crippen molar-refractivity contribution in [2.45, 2.75) is 6.42 Å². The Kier molecular flexibility index (Phi) is 5.72. The highest BCUT2D eigenvalue weighted by Gasteiger charge is 2.09. The molecule has 2 rings (SSSR count). The lowest BCUT2D eigenvalue weighted by molar-refractivity contribution is -0.118. The fraction of sp³-hybridized carbons (Fsp3) is 0.118. The van der Waals surface area contributed by atoms with Gasteiger partial charge in [-0.05, 0) is 24.3 Å². The summed E-state index contributed by atoms with van der Waals surface area (Å²) in [5.74, 6) is -0.191. The monoisotopic (exact) mass is 309 g/mol. The van der Waals surface area contributed by atoms with Crippen molar-refractivity contribution in [2.24, 2.45) is 0 Å². The fourth-order valence-corrected chi connectivity index (χ4v) is 1.82. The van der Waals surface area contributed by atoms with E-state index in [4.69, 9.17) is 10.00 Å². The average Bonchev–Trinajstić information content (AvgIpc) is 2.56. The molecule has 6 heteroatoms. The van der Waals surface area contributed by atoms with Crippen LogP contribution < -0.4 is 15.4 Å². The van der Waals surface area contributed by atoms with Gasteiger partial charge in [0, 0.05) is 0 Å². The minimum atomic E-state index is -0.435. The first-order valence-electron chi connectivity index (χ1n) is 6.92. The first-order valence-corrected chi connectivity index (χ1v) is 6.92. The lowest BCUT2D eigenvalue weighted by atomic mass is 10.2. The smallest absolute Gasteiger partial charge is 0.262 e. The Labute approximate surface area is 133 Å². The van der Waals surface area contributed by atoms with Gasteiger partial charge in [-0.15, -0.1) is 0 Å². The van der Waals surface area contributed by atoms with Crippen molar-refractivity contribution in [3.05, 3.63) is 54.6 Å². The summed E-state index contributed by atoms with van der Waals surface area (Å²) in [5, 5.41) is 13.8. The largest absolute Gasteiger partial charge is 0.484 e. The molecule has 0 aromatic heterocycles. The molecule has 0 radical (unpaired) electrons. The van der Waals surface area contributed by atoms with Crippen molar-refractivity contribution in [2.75, 3.05) is 17.2 Å². The average molecular weight is 309 g/mol. The van der Waals surface area contributed by atoms with Crippen molar-refractivity contribution in [1.82, 2.24) is 0 Å². The van der Waals surface area contributed by atoms with E-state index in [9.17, 15) is 9.59 Å².